The van der Waals surface area contributed by atoms with Crippen molar-refractivity contribution in [1.82, 2.24) is 0 Å². The summed E-state index contributed by atoms with van der Waals surface area (Å²) in [6, 6.07) is 12.6. The molecule has 12 heteroatoms. The lowest BCUT2D eigenvalue weighted by molar-refractivity contribution is -0.134. The van der Waals surface area contributed by atoms with Crippen LogP contribution in [0.5, 0.6) is 11.5 Å². The molecule has 2 aromatic rings. The molecule has 2 aromatic carbocycles. The van der Waals surface area contributed by atoms with Gasteiger partial charge in [-0.1, -0.05) is 12.1 Å². The summed E-state index contributed by atoms with van der Waals surface area (Å²) < 4.78 is 36.4. The Labute approximate surface area is 197 Å². The number of benzene rings is 2. The predicted molar refractivity (Wildman–Crippen MR) is 122 cm³/mol. The van der Waals surface area contributed by atoms with Crippen LogP contribution in [0.2, 0.25) is 0 Å². The van der Waals surface area contributed by atoms with Crippen LogP contribution in [0.3, 0.4) is 0 Å². The van der Waals surface area contributed by atoms with Crippen molar-refractivity contribution in [2.45, 2.75) is 31.6 Å². The molecule has 0 aromatic heterocycles. The van der Waals surface area contributed by atoms with Crippen molar-refractivity contribution >= 4 is 22.0 Å². The van der Waals surface area contributed by atoms with E-state index in [1.165, 1.54) is 24.3 Å². The van der Waals surface area contributed by atoms with Gasteiger partial charge in [-0.2, -0.15) is 13.7 Å². The van der Waals surface area contributed by atoms with Crippen molar-refractivity contribution in [2.75, 3.05) is 13.2 Å². The van der Waals surface area contributed by atoms with E-state index in [9.17, 15) is 8.42 Å². The highest BCUT2D eigenvalue weighted by Crippen LogP contribution is 2.46. The van der Waals surface area contributed by atoms with E-state index in [1.807, 2.05) is 6.07 Å². The molecule has 182 valence electrons. The summed E-state index contributed by atoms with van der Waals surface area (Å²) in [5, 5.41) is 20.1. The lowest BCUT2D eigenvalue weighted by Gasteiger charge is -2.16. The Morgan fingerprint density at radius 2 is 1.79 bits per heavy atom. The summed E-state index contributed by atoms with van der Waals surface area (Å²) in [5.41, 5.74) is 11.1. The van der Waals surface area contributed by atoms with Crippen LogP contribution in [0.25, 0.3) is 0 Å². The second-order valence-corrected chi connectivity index (χ2v) is 9.24. The largest absolute Gasteiger partial charge is 0.493 e. The van der Waals surface area contributed by atoms with Gasteiger partial charge in [0.05, 0.1) is 12.2 Å². The molecule has 0 aliphatic heterocycles. The quantitative estimate of drug-likeness (QED) is 0.203. The van der Waals surface area contributed by atoms with E-state index in [-0.39, 0.29) is 27.6 Å². The maximum absolute atomic E-state index is 12.6. The number of nitrogens with two attached hydrogens (primary N) is 2. The minimum atomic E-state index is -4.18. The van der Waals surface area contributed by atoms with E-state index in [2.05, 4.69) is 5.16 Å². The molecule has 1 fully saturated rings. The maximum Gasteiger partial charge on any atom is 0.340 e. The first-order valence-electron chi connectivity index (χ1n) is 10.0. The zero-order chi connectivity index (χ0) is 25.4. The Hall–Kier alpha value is -3.98. The van der Waals surface area contributed by atoms with E-state index >= 15 is 0 Å². The van der Waals surface area contributed by atoms with Gasteiger partial charge < -0.3 is 30.3 Å². The average Bonchev–Trinajstić information content (AvgIpc) is 3.51. The van der Waals surface area contributed by atoms with Crippen LogP contribution < -0.4 is 20.4 Å². The molecule has 0 unspecified atom stereocenters. The third-order valence-corrected chi connectivity index (χ3v) is 5.86. The molecule has 11 nitrogen and oxygen atoms in total. The number of hydrogen-bond donors (Lipinski definition) is 3. The summed E-state index contributed by atoms with van der Waals surface area (Å²) in [5.74, 6) is -0.424. The number of nitriles is 1. The molecule has 0 radical (unpaired) electrons. The average molecular weight is 491 g/mol. The number of carboxylic acid groups (broad SMARTS) is 1. The van der Waals surface area contributed by atoms with Gasteiger partial charge in [-0.3, -0.25) is 4.79 Å². The minimum absolute atomic E-state index is 0.0121. The third kappa shape index (κ3) is 8.18. The number of carboxylic acids is 1. The zero-order valence-electron chi connectivity index (χ0n) is 18.7. The van der Waals surface area contributed by atoms with Crippen molar-refractivity contribution < 1.29 is 32.1 Å². The van der Waals surface area contributed by atoms with Gasteiger partial charge in [0.2, 0.25) is 5.96 Å². The number of hydrogen-bond acceptors (Lipinski definition) is 8. The minimum Gasteiger partial charge on any atom is -0.493 e. The Balaban J connectivity index is 0.000000945. The van der Waals surface area contributed by atoms with Gasteiger partial charge in [0.15, 0.2) is 0 Å². The van der Waals surface area contributed by atoms with Gasteiger partial charge in [-0.25, -0.2) is 0 Å². The molecular formula is C22H26N4O7S. The van der Waals surface area contributed by atoms with Crippen LogP contribution in [0.1, 0.15) is 30.9 Å². The number of ether oxygens (including phenoxy) is 1. The van der Waals surface area contributed by atoms with Crippen LogP contribution in [0.4, 0.5) is 0 Å². The van der Waals surface area contributed by atoms with Gasteiger partial charge in [0.1, 0.15) is 29.1 Å². The molecule has 0 amide bonds. The highest BCUT2D eigenvalue weighted by atomic mass is 32.2. The Bertz CT molecular complexity index is 1190. The molecule has 1 aliphatic rings. The van der Waals surface area contributed by atoms with Crippen LogP contribution in [-0.4, -0.2) is 38.7 Å². The van der Waals surface area contributed by atoms with Gasteiger partial charge >= 0.3 is 10.1 Å². The lowest BCUT2D eigenvalue weighted by atomic mass is 10.1. The summed E-state index contributed by atoms with van der Waals surface area (Å²) in [7, 11) is -4.18. The monoisotopic (exact) mass is 490 g/mol. The molecule has 0 spiro atoms. The smallest absolute Gasteiger partial charge is 0.340 e. The van der Waals surface area contributed by atoms with E-state index in [0.717, 1.165) is 25.3 Å². The van der Waals surface area contributed by atoms with Crippen molar-refractivity contribution in [2.24, 2.45) is 22.0 Å². The molecule has 0 saturated heterocycles. The van der Waals surface area contributed by atoms with Gasteiger partial charge in [0.25, 0.3) is 5.97 Å². The zero-order valence-corrected chi connectivity index (χ0v) is 19.5. The van der Waals surface area contributed by atoms with Crippen molar-refractivity contribution in [3.05, 3.63) is 53.6 Å². The van der Waals surface area contributed by atoms with E-state index in [0.29, 0.717) is 19.0 Å². The van der Waals surface area contributed by atoms with E-state index in [1.54, 1.807) is 25.1 Å². The number of oxime groups is 1. The second-order valence-electron chi connectivity index (χ2n) is 7.72. The van der Waals surface area contributed by atoms with Crippen LogP contribution >= 0.6 is 0 Å². The van der Waals surface area contributed by atoms with E-state index in [4.69, 9.17) is 40.4 Å². The number of aryl methyl sites for hydroxylation is 1. The molecule has 0 atom stereocenters. The van der Waals surface area contributed by atoms with Crippen molar-refractivity contribution in [3.8, 4) is 17.6 Å². The SMILES string of the molecule is CC(=O)O.Cc1cc(OCC2(CON=C(N)N)CC2)cc(OS(=O)(=O)c2ccccc2C#N)c1. The molecule has 1 aliphatic carbocycles. The lowest BCUT2D eigenvalue weighted by Crippen LogP contribution is -2.24. The summed E-state index contributed by atoms with van der Waals surface area (Å²) >= 11 is 0. The number of carbonyl (C=O) groups is 1. The van der Waals surface area contributed by atoms with Gasteiger partial charge in [-0.15, -0.1) is 0 Å². The normalized spacial score (nSPS) is 13.3. The first-order valence-corrected chi connectivity index (χ1v) is 11.5. The van der Waals surface area contributed by atoms with Gasteiger partial charge in [-0.05, 0) is 54.8 Å². The van der Waals surface area contributed by atoms with Crippen LogP contribution in [0, 0.1) is 23.7 Å². The number of rotatable bonds is 9. The molecule has 3 rings (SSSR count). The van der Waals surface area contributed by atoms with Crippen molar-refractivity contribution in [1.29, 1.82) is 5.26 Å². The maximum atomic E-state index is 12.6. The first kappa shape index (κ1) is 26.3. The Morgan fingerprint density at radius 1 is 1.18 bits per heavy atom. The van der Waals surface area contributed by atoms with Crippen molar-refractivity contribution in [3.63, 3.8) is 0 Å². The molecule has 0 bridgehead atoms. The fourth-order valence-corrected chi connectivity index (χ4v) is 3.85. The fraction of sp³-hybridized carbons (Fsp3) is 0.318. The molecule has 5 N–H and O–H groups in total. The summed E-state index contributed by atoms with van der Waals surface area (Å²) in [6.45, 7) is 3.56. The number of nitrogens with zero attached hydrogens (tertiary/aromatic N) is 2. The standard InChI is InChI=1S/C20H22N4O5S.C2H4O2/c1-14-8-16(27-12-20(6-7-20)13-28-24-19(22)23)10-17(9-14)29-30(25,26)18-5-3-2-4-15(18)11-21;1-2(3)4/h2-5,8-10H,6-7,12-13H2,1H3,(H4,22,23,24);1H3,(H,3,4). The Morgan fingerprint density at radius 3 is 2.38 bits per heavy atom. The predicted octanol–water partition coefficient (Wildman–Crippen LogP) is 2.09. The van der Waals surface area contributed by atoms with Gasteiger partial charge in [0, 0.05) is 18.4 Å². The molecule has 1 saturated carbocycles. The van der Waals surface area contributed by atoms with E-state index < -0.39 is 16.1 Å². The Kier molecular flexibility index (Phi) is 8.69. The molecular weight excluding hydrogens is 464 g/mol. The third-order valence-electron chi connectivity index (χ3n) is 4.55. The van der Waals surface area contributed by atoms with Crippen LogP contribution in [-0.2, 0) is 19.8 Å². The highest BCUT2D eigenvalue weighted by Gasteiger charge is 2.45. The molecule has 34 heavy (non-hydrogen) atoms. The fourth-order valence-electron chi connectivity index (χ4n) is 2.78. The topological polar surface area (TPSA) is 187 Å². The highest BCUT2D eigenvalue weighted by molar-refractivity contribution is 7.87. The summed E-state index contributed by atoms with van der Waals surface area (Å²) in [4.78, 5) is 13.9. The number of guanidine groups is 1. The molecule has 0 heterocycles. The summed E-state index contributed by atoms with van der Waals surface area (Å²) in [6.07, 6.45) is 1.81. The first-order chi connectivity index (χ1) is 16.0. The second kappa shape index (κ2) is 11.2. The van der Waals surface area contributed by atoms with Crippen LogP contribution in [0.15, 0.2) is 52.5 Å². The number of aliphatic carboxylic acids is 1.